The summed E-state index contributed by atoms with van der Waals surface area (Å²) in [4.78, 5) is 15.1. The molecule has 4 saturated carbocycles. The number of aromatic nitrogens is 3. The van der Waals surface area contributed by atoms with Gasteiger partial charge in [0.15, 0.2) is 17.5 Å². The molecule has 3 nitrogen and oxygen atoms in total. The fourth-order valence-corrected chi connectivity index (χ4v) is 10.9. The summed E-state index contributed by atoms with van der Waals surface area (Å²) in [6.07, 6.45) is 7.08. The van der Waals surface area contributed by atoms with Gasteiger partial charge in [0.05, 0.1) is 0 Å². The zero-order chi connectivity index (χ0) is 32.8. The standard InChI is InChI=1S/C47H37N3/c1-2-10-33(11-3-1)44-48-45(50-46(49-44)36-22-17-31-9-4-5-12-35(31)28-36)34-20-18-32(19-21-34)39-14-8-16-42-43(39)40-13-6-7-15-41(40)47(42)37-24-29-23-30(26-37)27-38(47)25-29/h1-22,28-30,37-38H,23-27H2. The second-order valence-electron chi connectivity index (χ2n) is 15.3. The lowest BCUT2D eigenvalue weighted by atomic mass is 9.43. The van der Waals surface area contributed by atoms with Crippen molar-refractivity contribution in [3.8, 4) is 56.4 Å². The van der Waals surface area contributed by atoms with E-state index in [0.717, 1.165) is 40.4 Å². The summed E-state index contributed by atoms with van der Waals surface area (Å²) in [7, 11) is 0. The Morgan fingerprint density at radius 2 is 0.940 bits per heavy atom. The first kappa shape index (κ1) is 28.4. The number of hydrogen-bond donors (Lipinski definition) is 0. The van der Waals surface area contributed by atoms with Crippen molar-refractivity contribution >= 4 is 10.8 Å². The molecule has 0 saturated heterocycles. The summed E-state index contributed by atoms with van der Waals surface area (Å²) in [6, 6.07) is 50.6. The summed E-state index contributed by atoms with van der Waals surface area (Å²) in [5, 5.41) is 2.37. The molecule has 3 heteroatoms. The molecule has 5 aliphatic carbocycles. The van der Waals surface area contributed by atoms with Gasteiger partial charge in [-0.1, -0.05) is 133 Å². The predicted molar refractivity (Wildman–Crippen MR) is 202 cm³/mol. The highest BCUT2D eigenvalue weighted by Crippen LogP contribution is 2.70. The Labute approximate surface area is 293 Å². The molecule has 0 unspecified atom stereocenters. The Morgan fingerprint density at radius 1 is 0.400 bits per heavy atom. The Bertz CT molecular complexity index is 2420. The zero-order valence-electron chi connectivity index (χ0n) is 28.0. The van der Waals surface area contributed by atoms with Crippen molar-refractivity contribution in [1.82, 2.24) is 15.0 Å². The molecular formula is C47H37N3. The maximum absolute atomic E-state index is 5.07. The molecular weight excluding hydrogens is 607 g/mol. The molecule has 12 rings (SSSR count). The summed E-state index contributed by atoms with van der Waals surface area (Å²) in [5.41, 5.74) is 11.8. The first-order valence-electron chi connectivity index (χ1n) is 18.4. The van der Waals surface area contributed by atoms with Gasteiger partial charge in [0.25, 0.3) is 0 Å². The molecule has 50 heavy (non-hydrogen) atoms. The summed E-state index contributed by atoms with van der Waals surface area (Å²) < 4.78 is 0. The average Bonchev–Trinajstić information content (AvgIpc) is 3.48. The molecule has 5 aliphatic rings. The SMILES string of the molecule is c1ccc(-c2nc(-c3ccc(-c4cccc5c4-c4ccccc4C54C5CC6CC(C5)CC4C6)cc3)nc(-c3ccc4ccccc4c3)n2)cc1. The Hall–Kier alpha value is -5.41. The lowest BCUT2D eigenvalue weighted by Gasteiger charge is -2.61. The van der Waals surface area contributed by atoms with Crippen molar-refractivity contribution < 1.29 is 0 Å². The van der Waals surface area contributed by atoms with Crippen LogP contribution in [0.4, 0.5) is 0 Å². The van der Waals surface area contributed by atoms with Gasteiger partial charge in [-0.25, -0.2) is 15.0 Å². The van der Waals surface area contributed by atoms with Gasteiger partial charge in [-0.15, -0.1) is 0 Å². The van der Waals surface area contributed by atoms with Crippen LogP contribution in [-0.4, -0.2) is 15.0 Å². The van der Waals surface area contributed by atoms with E-state index >= 15 is 0 Å². The van der Waals surface area contributed by atoms with Gasteiger partial charge >= 0.3 is 0 Å². The topological polar surface area (TPSA) is 38.7 Å². The minimum atomic E-state index is 0.174. The van der Waals surface area contributed by atoms with E-state index in [0.29, 0.717) is 17.5 Å². The van der Waals surface area contributed by atoms with Gasteiger partial charge in [0.2, 0.25) is 0 Å². The van der Waals surface area contributed by atoms with Crippen LogP contribution in [0.5, 0.6) is 0 Å². The largest absolute Gasteiger partial charge is 0.208 e. The van der Waals surface area contributed by atoms with E-state index in [1.54, 1.807) is 11.1 Å². The normalized spacial score (nSPS) is 24.1. The third-order valence-corrected chi connectivity index (χ3v) is 12.7. The van der Waals surface area contributed by atoms with E-state index in [9.17, 15) is 0 Å². The molecule has 0 radical (unpaired) electrons. The lowest BCUT2D eigenvalue weighted by molar-refractivity contribution is -0.0399. The van der Waals surface area contributed by atoms with E-state index in [2.05, 4.69) is 121 Å². The number of hydrogen-bond acceptors (Lipinski definition) is 3. The quantitative estimate of drug-likeness (QED) is 0.192. The summed E-state index contributed by atoms with van der Waals surface area (Å²) in [6.45, 7) is 0. The molecule has 0 aliphatic heterocycles. The van der Waals surface area contributed by atoms with E-state index < -0.39 is 0 Å². The Morgan fingerprint density at radius 3 is 1.68 bits per heavy atom. The molecule has 1 aromatic heterocycles. The van der Waals surface area contributed by atoms with Gasteiger partial charge in [-0.3, -0.25) is 0 Å². The maximum Gasteiger partial charge on any atom is 0.164 e. The molecule has 0 amide bonds. The van der Waals surface area contributed by atoms with Gasteiger partial charge in [0, 0.05) is 22.1 Å². The van der Waals surface area contributed by atoms with Crippen LogP contribution in [0.25, 0.3) is 67.2 Å². The second-order valence-corrected chi connectivity index (χ2v) is 15.3. The van der Waals surface area contributed by atoms with E-state index in [1.807, 2.05) is 18.2 Å². The second kappa shape index (κ2) is 10.8. The predicted octanol–water partition coefficient (Wildman–Crippen LogP) is 11.4. The zero-order valence-corrected chi connectivity index (χ0v) is 28.0. The molecule has 4 fully saturated rings. The van der Waals surface area contributed by atoms with Crippen LogP contribution in [-0.2, 0) is 5.41 Å². The lowest BCUT2D eigenvalue weighted by Crippen LogP contribution is -2.55. The van der Waals surface area contributed by atoms with Crippen LogP contribution in [0.3, 0.4) is 0 Å². The minimum absolute atomic E-state index is 0.174. The molecule has 0 atom stereocenters. The van der Waals surface area contributed by atoms with Crippen LogP contribution in [0.15, 0.2) is 140 Å². The van der Waals surface area contributed by atoms with Crippen molar-refractivity contribution in [3.63, 3.8) is 0 Å². The fourth-order valence-electron chi connectivity index (χ4n) is 10.9. The van der Waals surface area contributed by atoms with Gasteiger partial charge < -0.3 is 0 Å². The fraction of sp³-hybridized carbons (Fsp3) is 0.213. The molecule has 4 bridgehead atoms. The third kappa shape index (κ3) is 4.13. The number of rotatable bonds is 4. The van der Waals surface area contributed by atoms with Crippen molar-refractivity contribution in [1.29, 1.82) is 0 Å². The maximum atomic E-state index is 5.07. The van der Waals surface area contributed by atoms with Crippen LogP contribution in [0.2, 0.25) is 0 Å². The molecule has 6 aromatic carbocycles. The van der Waals surface area contributed by atoms with Crippen LogP contribution in [0.1, 0.15) is 43.2 Å². The van der Waals surface area contributed by atoms with Crippen LogP contribution < -0.4 is 0 Å². The molecule has 0 N–H and O–H groups in total. The molecule has 1 heterocycles. The number of nitrogens with zero attached hydrogens (tertiary/aromatic N) is 3. The smallest absolute Gasteiger partial charge is 0.164 e. The Balaban J connectivity index is 1.02. The summed E-state index contributed by atoms with van der Waals surface area (Å²) in [5.74, 6) is 5.45. The van der Waals surface area contributed by atoms with E-state index in [1.165, 1.54) is 65.1 Å². The molecule has 240 valence electrons. The van der Waals surface area contributed by atoms with E-state index in [-0.39, 0.29) is 5.41 Å². The first-order valence-corrected chi connectivity index (χ1v) is 18.4. The highest BCUT2D eigenvalue weighted by atomic mass is 15.0. The van der Waals surface area contributed by atoms with Crippen molar-refractivity contribution in [3.05, 3.63) is 151 Å². The minimum Gasteiger partial charge on any atom is -0.208 e. The molecule has 7 aromatic rings. The van der Waals surface area contributed by atoms with Crippen molar-refractivity contribution in [2.24, 2.45) is 23.7 Å². The van der Waals surface area contributed by atoms with Crippen molar-refractivity contribution in [2.45, 2.75) is 37.5 Å². The highest BCUT2D eigenvalue weighted by Gasteiger charge is 2.61. The Kier molecular flexibility index (Phi) is 6.14. The number of fused-ring (bicyclic) bond motifs is 4. The molecule has 1 spiro atoms. The van der Waals surface area contributed by atoms with Gasteiger partial charge in [-0.05, 0) is 106 Å². The monoisotopic (exact) mass is 643 g/mol. The third-order valence-electron chi connectivity index (χ3n) is 12.7. The van der Waals surface area contributed by atoms with Gasteiger partial charge in [-0.2, -0.15) is 0 Å². The van der Waals surface area contributed by atoms with Crippen LogP contribution >= 0.6 is 0 Å². The van der Waals surface area contributed by atoms with Gasteiger partial charge in [0.1, 0.15) is 0 Å². The van der Waals surface area contributed by atoms with Crippen molar-refractivity contribution in [2.75, 3.05) is 0 Å². The highest BCUT2D eigenvalue weighted by molar-refractivity contribution is 5.93. The first-order chi connectivity index (χ1) is 24.7. The van der Waals surface area contributed by atoms with Crippen LogP contribution in [0, 0.1) is 23.7 Å². The number of benzene rings is 6. The average molecular weight is 644 g/mol. The van der Waals surface area contributed by atoms with E-state index in [4.69, 9.17) is 15.0 Å². The summed E-state index contributed by atoms with van der Waals surface area (Å²) >= 11 is 0.